The molecule has 0 spiro atoms. The molecule has 2 nitrogen and oxygen atoms in total. The number of rotatable bonds is 0. The molecule has 1 heterocycles. The van der Waals surface area contributed by atoms with Gasteiger partial charge in [-0.05, 0) is 12.8 Å². The van der Waals surface area contributed by atoms with E-state index in [0.29, 0.717) is 5.92 Å². The molecule has 0 N–H and O–H groups in total. The first-order chi connectivity index (χ1) is 4.34. The van der Waals surface area contributed by atoms with Gasteiger partial charge < -0.3 is 4.74 Å². The van der Waals surface area contributed by atoms with E-state index in [0.717, 1.165) is 12.4 Å². The van der Waals surface area contributed by atoms with E-state index in [4.69, 9.17) is 4.74 Å². The minimum atomic E-state index is 0.545. The molecule has 0 aliphatic carbocycles. The fourth-order valence-electron chi connectivity index (χ4n) is 1.13. The topological polar surface area (TPSA) is 21.6 Å². The standard InChI is InChI=1S/C7H13NO/c1-6-4-3-5-8-7(6)9-2/h6H,3-5H2,1-2H3. The van der Waals surface area contributed by atoms with Gasteiger partial charge in [-0.1, -0.05) is 6.92 Å². The van der Waals surface area contributed by atoms with E-state index in [1.54, 1.807) is 7.11 Å². The average molecular weight is 127 g/mol. The molecule has 0 radical (unpaired) electrons. The summed E-state index contributed by atoms with van der Waals surface area (Å²) in [6.07, 6.45) is 2.45. The molecule has 0 amide bonds. The van der Waals surface area contributed by atoms with E-state index in [1.165, 1.54) is 12.8 Å². The Kier molecular flexibility index (Phi) is 2.09. The molecule has 1 aliphatic heterocycles. The molecular formula is C7H13NO. The Hall–Kier alpha value is -0.530. The summed E-state index contributed by atoms with van der Waals surface area (Å²) in [5.74, 6) is 1.48. The van der Waals surface area contributed by atoms with Crippen molar-refractivity contribution in [3.63, 3.8) is 0 Å². The molecule has 0 saturated heterocycles. The summed E-state index contributed by atoms with van der Waals surface area (Å²) < 4.78 is 5.05. The second kappa shape index (κ2) is 2.85. The highest BCUT2D eigenvalue weighted by atomic mass is 16.5. The minimum absolute atomic E-state index is 0.545. The summed E-state index contributed by atoms with van der Waals surface area (Å²) in [7, 11) is 1.70. The van der Waals surface area contributed by atoms with Gasteiger partial charge in [0.2, 0.25) is 0 Å². The second-order valence-corrected chi connectivity index (χ2v) is 2.47. The van der Waals surface area contributed by atoms with Gasteiger partial charge in [-0.25, -0.2) is 0 Å². The van der Waals surface area contributed by atoms with Crippen molar-refractivity contribution >= 4 is 5.90 Å². The van der Waals surface area contributed by atoms with Crippen molar-refractivity contribution in [2.24, 2.45) is 10.9 Å². The summed E-state index contributed by atoms with van der Waals surface area (Å²) in [6.45, 7) is 3.11. The van der Waals surface area contributed by atoms with Crippen LogP contribution >= 0.6 is 0 Å². The number of hydrogen-bond donors (Lipinski definition) is 0. The van der Waals surface area contributed by atoms with E-state index in [9.17, 15) is 0 Å². The second-order valence-electron chi connectivity index (χ2n) is 2.47. The zero-order chi connectivity index (χ0) is 6.69. The van der Waals surface area contributed by atoms with E-state index >= 15 is 0 Å². The highest BCUT2D eigenvalue weighted by molar-refractivity contribution is 5.78. The lowest BCUT2D eigenvalue weighted by atomic mass is 10.0. The maximum atomic E-state index is 5.05. The number of aliphatic imine (C=N–C) groups is 1. The zero-order valence-electron chi connectivity index (χ0n) is 6.05. The molecule has 52 valence electrons. The quantitative estimate of drug-likeness (QED) is 0.482. The molecule has 1 rings (SSSR count). The van der Waals surface area contributed by atoms with Crippen molar-refractivity contribution < 1.29 is 4.74 Å². The highest BCUT2D eigenvalue weighted by Gasteiger charge is 2.13. The van der Waals surface area contributed by atoms with Crippen LogP contribution in [-0.4, -0.2) is 19.6 Å². The molecule has 2 heteroatoms. The van der Waals surface area contributed by atoms with Gasteiger partial charge in [0.05, 0.1) is 7.11 Å². The third-order valence-electron chi connectivity index (χ3n) is 1.69. The minimum Gasteiger partial charge on any atom is -0.484 e. The summed E-state index contributed by atoms with van der Waals surface area (Å²) in [4.78, 5) is 4.22. The fraction of sp³-hybridized carbons (Fsp3) is 0.857. The van der Waals surface area contributed by atoms with Crippen LogP contribution in [0.25, 0.3) is 0 Å². The molecule has 0 aromatic heterocycles. The van der Waals surface area contributed by atoms with Gasteiger partial charge in [0.1, 0.15) is 0 Å². The molecule has 1 unspecified atom stereocenters. The van der Waals surface area contributed by atoms with Crippen molar-refractivity contribution in [1.29, 1.82) is 0 Å². The van der Waals surface area contributed by atoms with Crippen LogP contribution in [0.5, 0.6) is 0 Å². The van der Waals surface area contributed by atoms with Crippen LogP contribution < -0.4 is 0 Å². The Balaban J connectivity index is 2.53. The maximum absolute atomic E-state index is 5.05. The molecule has 9 heavy (non-hydrogen) atoms. The molecule has 0 aromatic rings. The van der Waals surface area contributed by atoms with Crippen LogP contribution in [0.15, 0.2) is 4.99 Å². The van der Waals surface area contributed by atoms with Crippen molar-refractivity contribution in [2.75, 3.05) is 13.7 Å². The molecule has 1 aliphatic rings. The van der Waals surface area contributed by atoms with Gasteiger partial charge in [-0.2, -0.15) is 0 Å². The Morgan fingerprint density at radius 1 is 1.67 bits per heavy atom. The van der Waals surface area contributed by atoms with Gasteiger partial charge in [-0.15, -0.1) is 0 Å². The SMILES string of the molecule is COC1=NCCCC1C. The maximum Gasteiger partial charge on any atom is 0.185 e. The van der Waals surface area contributed by atoms with Crippen LogP contribution in [0.2, 0.25) is 0 Å². The lowest BCUT2D eigenvalue weighted by Crippen LogP contribution is -2.18. The molecular weight excluding hydrogens is 114 g/mol. The Morgan fingerprint density at radius 2 is 2.44 bits per heavy atom. The van der Waals surface area contributed by atoms with Crippen molar-refractivity contribution in [2.45, 2.75) is 19.8 Å². The van der Waals surface area contributed by atoms with Gasteiger partial charge in [0, 0.05) is 12.5 Å². The van der Waals surface area contributed by atoms with E-state index < -0.39 is 0 Å². The largest absolute Gasteiger partial charge is 0.484 e. The van der Waals surface area contributed by atoms with E-state index in [-0.39, 0.29) is 0 Å². The van der Waals surface area contributed by atoms with Gasteiger partial charge >= 0.3 is 0 Å². The third kappa shape index (κ3) is 1.44. The van der Waals surface area contributed by atoms with Gasteiger partial charge in [0.25, 0.3) is 0 Å². The van der Waals surface area contributed by atoms with Crippen LogP contribution in [-0.2, 0) is 4.74 Å². The highest BCUT2D eigenvalue weighted by Crippen LogP contribution is 2.13. The predicted octanol–water partition coefficient (Wildman–Crippen LogP) is 1.46. The monoisotopic (exact) mass is 127 g/mol. The molecule has 1 atom stereocenters. The first-order valence-corrected chi connectivity index (χ1v) is 3.43. The van der Waals surface area contributed by atoms with Gasteiger partial charge in [0.15, 0.2) is 5.90 Å². The zero-order valence-corrected chi connectivity index (χ0v) is 6.05. The van der Waals surface area contributed by atoms with Crippen LogP contribution in [0.3, 0.4) is 0 Å². The van der Waals surface area contributed by atoms with Crippen LogP contribution in [0, 0.1) is 5.92 Å². The van der Waals surface area contributed by atoms with Crippen molar-refractivity contribution in [1.82, 2.24) is 0 Å². The normalized spacial score (nSPS) is 27.3. The number of ether oxygens (including phenoxy) is 1. The van der Waals surface area contributed by atoms with Gasteiger partial charge in [-0.3, -0.25) is 4.99 Å². The molecule has 0 saturated carbocycles. The summed E-state index contributed by atoms with van der Waals surface area (Å²) in [5.41, 5.74) is 0. The van der Waals surface area contributed by atoms with E-state index in [2.05, 4.69) is 11.9 Å². The average Bonchev–Trinajstić information content (AvgIpc) is 1.89. The third-order valence-corrected chi connectivity index (χ3v) is 1.69. The first kappa shape index (κ1) is 6.59. The lowest BCUT2D eigenvalue weighted by molar-refractivity contribution is 0.351. The Morgan fingerprint density at radius 3 is 2.89 bits per heavy atom. The van der Waals surface area contributed by atoms with Crippen LogP contribution in [0.1, 0.15) is 19.8 Å². The predicted molar refractivity (Wildman–Crippen MR) is 37.7 cm³/mol. The summed E-state index contributed by atoms with van der Waals surface area (Å²) in [5, 5.41) is 0. The van der Waals surface area contributed by atoms with E-state index in [1.807, 2.05) is 0 Å². The summed E-state index contributed by atoms with van der Waals surface area (Å²) in [6, 6.07) is 0. The Labute approximate surface area is 55.9 Å². The number of hydrogen-bond acceptors (Lipinski definition) is 2. The first-order valence-electron chi connectivity index (χ1n) is 3.43. The molecule has 0 bridgehead atoms. The van der Waals surface area contributed by atoms with Crippen molar-refractivity contribution in [3.8, 4) is 0 Å². The van der Waals surface area contributed by atoms with Crippen molar-refractivity contribution in [3.05, 3.63) is 0 Å². The number of nitrogens with zero attached hydrogens (tertiary/aromatic N) is 1. The fourth-order valence-corrected chi connectivity index (χ4v) is 1.13. The van der Waals surface area contributed by atoms with Crippen LogP contribution in [0.4, 0.5) is 0 Å². The lowest BCUT2D eigenvalue weighted by Gasteiger charge is -2.16. The summed E-state index contributed by atoms with van der Waals surface area (Å²) >= 11 is 0. The molecule has 0 aromatic carbocycles. The smallest absolute Gasteiger partial charge is 0.185 e. The number of methoxy groups -OCH3 is 1. The Bertz CT molecular complexity index is 120. The molecule has 0 fully saturated rings.